The molecule has 0 radical (unpaired) electrons. The molecule has 0 bridgehead atoms. The van der Waals surface area contributed by atoms with Gasteiger partial charge in [-0.25, -0.2) is 8.42 Å². The number of nitro benzene ring substituents is 1. The van der Waals surface area contributed by atoms with Crippen molar-refractivity contribution in [2.45, 2.75) is 16.7 Å². The van der Waals surface area contributed by atoms with Crippen LogP contribution in [0.25, 0.3) is 0 Å². The van der Waals surface area contributed by atoms with Gasteiger partial charge in [0, 0.05) is 17.0 Å². The van der Waals surface area contributed by atoms with E-state index in [1.807, 2.05) is 6.92 Å². The lowest BCUT2D eigenvalue weighted by molar-refractivity contribution is -0.385. The number of nitrogens with zero attached hydrogens (tertiary/aromatic N) is 1. The molecule has 0 amide bonds. The molecule has 0 aliphatic carbocycles. The van der Waals surface area contributed by atoms with Crippen LogP contribution in [0, 0.1) is 17.0 Å². The molecule has 110 valence electrons. The summed E-state index contributed by atoms with van der Waals surface area (Å²) in [4.78, 5) is 10.4. The molecule has 0 spiro atoms. The van der Waals surface area contributed by atoms with Crippen molar-refractivity contribution < 1.29 is 13.3 Å². The van der Waals surface area contributed by atoms with E-state index >= 15 is 0 Å². The number of sulfonamides is 1. The second-order valence-corrected chi connectivity index (χ2v) is 6.54. The van der Waals surface area contributed by atoms with Gasteiger partial charge in [-0.2, -0.15) is 0 Å². The van der Waals surface area contributed by atoms with Gasteiger partial charge in [0.1, 0.15) is 0 Å². The standard InChI is InChI=1S/C13H12N2O4S2/c1-9-2-5-11(6-3-9)21(18,19)14-12-7-4-10(15(16)17)8-13(12)20/h2-8,14,20H,1H3. The minimum absolute atomic E-state index is 0.110. The van der Waals surface area contributed by atoms with Gasteiger partial charge in [-0.15, -0.1) is 12.6 Å². The van der Waals surface area contributed by atoms with Gasteiger partial charge in [0.25, 0.3) is 15.7 Å². The molecule has 8 heteroatoms. The predicted octanol–water partition coefficient (Wildman–Crippen LogP) is 2.99. The van der Waals surface area contributed by atoms with Crippen LogP contribution in [-0.4, -0.2) is 13.3 Å². The van der Waals surface area contributed by atoms with Gasteiger partial charge >= 0.3 is 0 Å². The van der Waals surface area contributed by atoms with Crippen LogP contribution in [0.4, 0.5) is 11.4 Å². The van der Waals surface area contributed by atoms with E-state index in [0.717, 1.165) is 5.56 Å². The summed E-state index contributed by atoms with van der Waals surface area (Å²) < 4.78 is 26.8. The van der Waals surface area contributed by atoms with Crippen molar-refractivity contribution in [2.24, 2.45) is 0 Å². The number of benzene rings is 2. The SMILES string of the molecule is Cc1ccc(S(=O)(=O)Nc2ccc([N+](=O)[O-])cc2S)cc1. The quantitative estimate of drug-likeness (QED) is 0.514. The number of anilines is 1. The number of rotatable bonds is 4. The molecule has 21 heavy (non-hydrogen) atoms. The van der Waals surface area contributed by atoms with E-state index in [4.69, 9.17) is 0 Å². The number of nitrogens with one attached hydrogen (secondary N) is 1. The summed E-state index contributed by atoms with van der Waals surface area (Å²) in [5.74, 6) is 0. The average molecular weight is 324 g/mol. The van der Waals surface area contributed by atoms with Crippen LogP contribution in [0.5, 0.6) is 0 Å². The van der Waals surface area contributed by atoms with Gasteiger partial charge in [-0.05, 0) is 25.1 Å². The van der Waals surface area contributed by atoms with E-state index in [1.54, 1.807) is 12.1 Å². The fourth-order valence-electron chi connectivity index (χ4n) is 1.64. The molecule has 0 aliphatic rings. The second-order valence-electron chi connectivity index (χ2n) is 4.38. The molecule has 0 aromatic heterocycles. The monoisotopic (exact) mass is 324 g/mol. The number of thiol groups is 1. The lowest BCUT2D eigenvalue weighted by atomic mass is 10.2. The predicted molar refractivity (Wildman–Crippen MR) is 82.3 cm³/mol. The fraction of sp³-hybridized carbons (Fsp3) is 0.0769. The van der Waals surface area contributed by atoms with Crippen molar-refractivity contribution in [3.05, 3.63) is 58.1 Å². The minimum Gasteiger partial charge on any atom is -0.278 e. The molecule has 0 fully saturated rings. The topological polar surface area (TPSA) is 89.3 Å². The highest BCUT2D eigenvalue weighted by Gasteiger charge is 2.16. The Morgan fingerprint density at radius 1 is 1.14 bits per heavy atom. The number of nitro groups is 1. The first kappa shape index (κ1) is 15.3. The van der Waals surface area contributed by atoms with E-state index in [0.29, 0.717) is 0 Å². The molecular formula is C13H12N2O4S2. The summed E-state index contributed by atoms with van der Waals surface area (Å²) in [6.45, 7) is 1.85. The summed E-state index contributed by atoms with van der Waals surface area (Å²) in [5, 5.41) is 10.6. The van der Waals surface area contributed by atoms with Crippen LogP contribution in [0.3, 0.4) is 0 Å². The lowest BCUT2D eigenvalue weighted by Gasteiger charge is -2.10. The molecule has 2 rings (SSSR count). The minimum atomic E-state index is -3.75. The van der Waals surface area contributed by atoms with Crippen LogP contribution in [0.15, 0.2) is 52.3 Å². The first-order chi connectivity index (χ1) is 9.79. The van der Waals surface area contributed by atoms with Gasteiger partial charge in [-0.1, -0.05) is 17.7 Å². The molecular weight excluding hydrogens is 312 g/mol. The zero-order chi connectivity index (χ0) is 15.6. The van der Waals surface area contributed by atoms with E-state index < -0.39 is 14.9 Å². The Kier molecular flexibility index (Phi) is 4.19. The van der Waals surface area contributed by atoms with Crippen molar-refractivity contribution in [2.75, 3.05) is 4.72 Å². The maximum atomic E-state index is 12.2. The third-order valence-electron chi connectivity index (χ3n) is 2.77. The van der Waals surface area contributed by atoms with Crippen LogP contribution >= 0.6 is 12.6 Å². The summed E-state index contributed by atoms with van der Waals surface area (Å²) in [6.07, 6.45) is 0. The largest absolute Gasteiger partial charge is 0.278 e. The van der Waals surface area contributed by atoms with Gasteiger partial charge in [0.05, 0.1) is 15.5 Å². The highest BCUT2D eigenvalue weighted by Crippen LogP contribution is 2.27. The molecule has 0 aliphatic heterocycles. The molecule has 0 saturated carbocycles. The van der Waals surface area contributed by atoms with Crippen LogP contribution < -0.4 is 4.72 Å². The molecule has 1 N–H and O–H groups in total. The number of non-ortho nitro benzene ring substituents is 1. The Bertz CT molecular complexity index is 786. The van der Waals surface area contributed by atoms with Gasteiger partial charge in [-0.3, -0.25) is 14.8 Å². The third-order valence-corrected chi connectivity index (χ3v) is 4.52. The van der Waals surface area contributed by atoms with Crippen LogP contribution in [0.2, 0.25) is 0 Å². The Balaban J connectivity index is 2.32. The first-order valence-electron chi connectivity index (χ1n) is 5.86. The van der Waals surface area contributed by atoms with Crippen molar-refractivity contribution in [3.8, 4) is 0 Å². The smallest absolute Gasteiger partial charge is 0.270 e. The molecule has 0 saturated heterocycles. The second kappa shape index (κ2) is 5.74. The zero-order valence-corrected chi connectivity index (χ0v) is 12.7. The van der Waals surface area contributed by atoms with Crippen LogP contribution in [-0.2, 0) is 10.0 Å². The molecule has 6 nitrogen and oxygen atoms in total. The van der Waals surface area contributed by atoms with Crippen molar-refractivity contribution in [1.29, 1.82) is 0 Å². The molecule has 0 heterocycles. The Morgan fingerprint density at radius 3 is 2.29 bits per heavy atom. The average Bonchev–Trinajstić information content (AvgIpc) is 2.41. The van der Waals surface area contributed by atoms with Crippen LogP contribution in [0.1, 0.15) is 5.56 Å². The van der Waals surface area contributed by atoms with E-state index in [-0.39, 0.29) is 21.2 Å². The molecule has 2 aromatic rings. The van der Waals surface area contributed by atoms with E-state index in [9.17, 15) is 18.5 Å². The Hall–Kier alpha value is -2.06. The Morgan fingerprint density at radius 2 is 1.76 bits per heavy atom. The van der Waals surface area contributed by atoms with Gasteiger partial charge < -0.3 is 0 Å². The highest BCUT2D eigenvalue weighted by atomic mass is 32.2. The maximum absolute atomic E-state index is 12.2. The molecule has 0 unspecified atom stereocenters. The van der Waals surface area contributed by atoms with Crippen molar-refractivity contribution >= 4 is 34.0 Å². The summed E-state index contributed by atoms with van der Waals surface area (Å²) in [5.41, 5.74) is 0.974. The van der Waals surface area contributed by atoms with Gasteiger partial charge in [0.15, 0.2) is 0 Å². The van der Waals surface area contributed by atoms with Gasteiger partial charge in [0.2, 0.25) is 0 Å². The fourth-order valence-corrected chi connectivity index (χ4v) is 3.06. The zero-order valence-electron chi connectivity index (χ0n) is 11.0. The number of hydrogen-bond acceptors (Lipinski definition) is 5. The number of aryl methyl sites for hydroxylation is 1. The lowest BCUT2D eigenvalue weighted by Crippen LogP contribution is -2.13. The first-order valence-corrected chi connectivity index (χ1v) is 7.79. The van der Waals surface area contributed by atoms with E-state index in [1.165, 1.54) is 30.3 Å². The van der Waals surface area contributed by atoms with Crippen molar-refractivity contribution in [3.63, 3.8) is 0 Å². The molecule has 2 aromatic carbocycles. The van der Waals surface area contributed by atoms with Crippen molar-refractivity contribution in [1.82, 2.24) is 0 Å². The Labute approximate surface area is 127 Å². The summed E-state index contributed by atoms with van der Waals surface area (Å²) in [7, 11) is -3.75. The number of hydrogen-bond donors (Lipinski definition) is 2. The third kappa shape index (κ3) is 3.53. The maximum Gasteiger partial charge on any atom is 0.270 e. The summed E-state index contributed by atoms with van der Waals surface area (Å²) in [6, 6.07) is 10.1. The molecule has 0 atom stereocenters. The highest BCUT2D eigenvalue weighted by molar-refractivity contribution is 7.92. The summed E-state index contributed by atoms with van der Waals surface area (Å²) >= 11 is 4.07. The van der Waals surface area contributed by atoms with E-state index in [2.05, 4.69) is 17.4 Å². The normalized spacial score (nSPS) is 11.1.